The summed E-state index contributed by atoms with van der Waals surface area (Å²) in [6, 6.07) is 2.15. The van der Waals surface area contributed by atoms with Gasteiger partial charge in [-0.3, -0.25) is 28.9 Å². The molecule has 0 spiro atoms. The van der Waals surface area contributed by atoms with E-state index in [0.29, 0.717) is 11.3 Å². The number of carbonyl (C=O) groups is 6. The summed E-state index contributed by atoms with van der Waals surface area (Å²) in [5.74, 6) is -12.6. The quantitative estimate of drug-likeness (QED) is 0.231. The molecule has 256 valence electrons. The number of phenols is 1. The molecular weight excluding hydrogens is 639 g/mol. The van der Waals surface area contributed by atoms with Gasteiger partial charge in [-0.2, -0.15) is 13.2 Å². The normalized spacial score (nSPS) is 26.8. The van der Waals surface area contributed by atoms with Crippen molar-refractivity contribution in [3.8, 4) is 5.75 Å². The monoisotopic (exact) mass is 673 g/mol. The molecule has 0 saturated heterocycles. The minimum Gasteiger partial charge on any atom is -0.505 e. The Morgan fingerprint density at radius 3 is 2.19 bits per heavy atom. The summed E-state index contributed by atoms with van der Waals surface area (Å²) in [7, 11) is 6.16. The molecule has 3 amide bonds. The van der Waals surface area contributed by atoms with Crippen LogP contribution in [-0.2, 0) is 31.8 Å². The number of phenolic OH excluding ortho intramolecular Hbond substituents is 1. The Balaban J connectivity index is 1.56. The number of halogens is 3. The van der Waals surface area contributed by atoms with Gasteiger partial charge in [-0.25, -0.2) is 4.79 Å². The zero-order chi connectivity index (χ0) is 35.8. The van der Waals surface area contributed by atoms with Crippen LogP contribution in [0.2, 0.25) is 0 Å². The van der Waals surface area contributed by atoms with Crippen LogP contribution >= 0.6 is 0 Å². The number of urea groups is 1. The zero-order valence-electron chi connectivity index (χ0n) is 26.6. The summed E-state index contributed by atoms with van der Waals surface area (Å²) in [6.07, 6.45) is -4.98. The number of Topliss-reactive ketones (excluding diaryl/α,β-unsaturated/α-hetero) is 4. The molecule has 5 rings (SSSR count). The van der Waals surface area contributed by atoms with Crippen molar-refractivity contribution in [1.29, 1.82) is 0 Å². The lowest BCUT2D eigenvalue weighted by atomic mass is 9.52. The number of nitrogens with zero attached hydrogens (tertiary/aromatic N) is 2. The molecule has 48 heavy (non-hydrogen) atoms. The van der Waals surface area contributed by atoms with Crippen LogP contribution in [-0.4, -0.2) is 90.0 Å². The van der Waals surface area contributed by atoms with Crippen LogP contribution < -0.4 is 21.3 Å². The molecule has 0 bridgehead atoms. The Kier molecular flexibility index (Phi) is 8.41. The van der Waals surface area contributed by atoms with Gasteiger partial charge in [-0.15, -0.1) is 0 Å². The highest BCUT2D eigenvalue weighted by atomic mass is 19.4. The van der Waals surface area contributed by atoms with E-state index in [0.717, 1.165) is 12.1 Å². The van der Waals surface area contributed by atoms with Crippen LogP contribution in [0.5, 0.6) is 5.75 Å². The number of fused-ring (bicyclic) bond motifs is 3. The highest BCUT2D eigenvalue weighted by molar-refractivity contribution is 6.32. The second kappa shape index (κ2) is 11.7. The average molecular weight is 674 g/mol. The molecule has 0 aliphatic heterocycles. The smallest absolute Gasteiger partial charge is 0.418 e. The van der Waals surface area contributed by atoms with Gasteiger partial charge in [-0.1, -0.05) is 11.6 Å². The van der Waals surface area contributed by atoms with Crippen LogP contribution in [0.4, 0.5) is 35.0 Å². The van der Waals surface area contributed by atoms with Crippen molar-refractivity contribution in [2.45, 2.75) is 37.6 Å². The number of carbonyl (C=O) groups excluding carboxylic acids is 6. The van der Waals surface area contributed by atoms with Crippen LogP contribution in [0.25, 0.3) is 0 Å². The van der Waals surface area contributed by atoms with E-state index in [1.54, 1.807) is 19.0 Å². The van der Waals surface area contributed by atoms with E-state index in [-0.39, 0.29) is 24.1 Å². The standard InChI is InChI=1S/C32H34F3N5O8/c1-12-6-7-17(15(8-12)32(33,34)35)37-30(47)38-18-11-19(39(2)3)14-9-13-10-16-23(40(4)5)26(43)22(29(36)46)28(45)31(16,48)27(44)20(13)25(42)21(14)24(18)41/h6-8,11,13,16,20,22-23,41,48H,9-10H2,1-5H3,(H2,36,46)(H2,37,38,47). The summed E-state index contributed by atoms with van der Waals surface area (Å²) in [6.45, 7) is 1.45. The van der Waals surface area contributed by atoms with Gasteiger partial charge in [-0.05, 0) is 63.5 Å². The number of hydrogen-bond acceptors (Lipinski definition) is 10. The molecule has 3 aliphatic rings. The predicted molar refractivity (Wildman–Crippen MR) is 165 cm³/mol. The average Bonchev–Trinajstić information content (AvgIpc) is 2.96. The molecule has 2 aromatic rings. The van der Waals surface area contributed by atoms with Gasteiger partial charge >= 0.3 is 12.2 Å². The second-order valence-electron chi connectivity index (χ2n) is 13.0. The van der Waals surface area contributed by atoms with Gasteiger partial charge in [0, 0.05) is 25.7 Å². The number of amides is 3. The minimum absolute atomic E-state index is 0.0301. The number of ketones is 4. The number of aromatic hydroxyl groups is 1. The number of rotatable bonds is 5. The fourth-order valence-electron chi connectivity index (χ4n) is 7.42. The van der Waals surface area contributed by atoms with Gasteiger partial charge in [0.05, 0.1) is 34.5 Å². The number of nitrogens with one attached hydrogen (secondary N) is 2. The first-order valence-electron chi connectivity index (χ1n) is 14.9. The van der Waals surface area contributed by atoms with Gasteiger partial charge in [0.1, 0.15) is 5.75 Å². The maximum absolute atomic E-state index is 14.1. The molecular formula is C32H34F3N5O8. The highest BCUT2D eigenvalue weighted by Crippen LogP contribution is 2.53. The molecule has 6 unspecified atom stereocenters. The van der Waals surface area contributed by atoms with Crippen molar-refractivity contribution < 1.29 is 52.2 Å². The molecule has 0 aromatic heterocycles. The second-order valence-corrected chi connectivity index (χ2v) is 13.0. The lowest BCUT2D eigenvalue weighted by molar-refractivity contribution is -0.181. The van der Waals surface area contributed by atoms with Gasteiger partial charge < -0.3 is 31.5 Å². The maximum atomic E-state index is 14.1. The van der Waals surface area contributed by atoms with Crippen molar-refractivity contribution in [3.63, 3.8) is 0 Å². The lowest BCUT2D eigenvalue weighted by Gasteiger charge is -2.52. The number of hydrogen-bond donors (Lipinski definition) is 5. The third-order valence-electron chi connectivity index (χ3n) is 9.50. The summed E-state index contributed by atoms with van der Waals surface area (Å²) < 4.78 is 40.9. The zero-order valence-corrected chi connectivity index (χ0v) is 26.6. The molecule has 3 aliphatic carbocycles. The summed E-state index contributed by atoms with van der Waals surface area (Å²) >= 11 is 0. The number of aryl methyl sites for hydroxylation is 1. The van der Waals surface area contributed by atoms with Gasteiger partial charge in [0.15, 0.2) is 34.7 Å². The molecule has 2 saturated carbocycles. The van der Waals surface area contributed by atoms with E-state index < -0.39 is 99.1 Å². The topological polar surface area (TPSA) is 199 Å². The molecule has 6 atom stereocenters. The molecule has 0 heterocycles. The number of benzene rings is 2. The highest BCUT2D eigenvalue weighted by Gasteiger charge is 2.69. The van der Waals surface area contributed by atoms with Gasteiger partial charge in [0.25, 0.3) is 0 Å². The maximum Gasteiger partial charge on any atom is 0.418 e. The largest absolute Gasteiger partial charge is 0.505 e. The van der Waals surface area contributed by atoms with Gasteiger partial charge in [0.2, 0.25) is 5.91 Å². The van der Waals surface area contributed by atoms with Crippen molar-refractivity contribution in [2.24, 2.45) is 29.4 Å². The number of alkyl halides is 3. The molecule has 13 nitrogen and oxygen atoms in total. The molecule has 0 radical (unpaired) electrons. The Labute approximate surface area is 272 Å². The lowest BCUT2D eigenvalue weighted by Crippen LogP contribution is -2.74. The first-order chi connectivity index (χ1) is 22.2. The first-order valence-corrected chi connectivity index (χ1v) is 14.9. The number of aliphatic hydroxyl groups is 1. The van der Waals surface area contributed by atoms with E-state index >= 15 is 0 Å². The van der Waals surface area contributed by atoms with E-state index in [1.165, 1.54) is 38.1 Å². The first kappa shape index (κ1) is 34.5. The molecule has 6 N–H and O–H groups in total. The van der Waals surface area contributed by atoms with E-state index in [1.807, 2.05) is 0 Å². The van der Waals surface area contributed by atoms with Crippen LogP contribution in [0.1, 0.15) is 33.5 Å². The van der Waals surface area contributed by atoms with Crippen LogP contribution in [0.3, 0.4) is 0 Å². The van der Waals surface area contributed by atoms with Crippen molar-refractivity contribution in [2.75, 3.05) is 43.7 Å². The Bertz CT molecular complexity index is 1790. The fourth-order valence-corrected chi connectivity index (χ4v) is 7.42. The number of primary amides is 1. The third-order valence-corrected chi connectivity index (χ3v) is 9.50. The summed E-state index contributed by atoms with van der Waals surface area (Å²) in [5, 5.41) is 27.5. The third kappa shape index (κ3) is 5.28. The summed E-state index contributed by atoms with van der Waals surface area (Å²) in [4.78, 5) is 83.1. The van der Waals surface area contributed by atoms with Crippen molar-refractivity contribution >= 4 is 52.1 Å². The Morgan fingerprint density at radius 1 is 1.00 bits per heavy atom. The van der Waals surface area contributed by atoms with E-state index in [9.17, 15) is 52.2 Å². The van der Waals surface area contributed by atoms with Crippen molar-refractivity contribution in [3.05, 3.63) is 46.5 Å². The Morgan fingerprint density at radius 2 is 1.62 bits per heavy atom. The Hall–Kier alpha value is -4.83. The molecule has 2 fully saturated rings. The van der Waals surface area contributed by atoms with Crippen molar-refractivity contribution in [1.82, 2.24) is 4.90 Å². The molecule has 16 heteroatoms. The van der Waals surface area contributed by atoms with Crippen LogP contribution in [0, 0.1) is 30.6 Å². The minimum atomic E-state index is -4.80. The summed E-state index contributed by atoms with van der Waals surface area (Å²) in [5.41, 5.74) is 0.874. The predicted octanol–water partition coefficient (Wildman–Crippen LogP) is 1.90. The number of nitrogens with two attached hydrogens (primary N) is 1. The van der Waals surface area contributed by atoms with Crippen LogP contribution in [0.15, 0.2) is 24.3 Å². The van der Waals surface area contributed by atoms with E-state index in [4.69, 9.17) is 5.73 Å². The number of likely N-dealkylation sites (N-methyl/N-ethyl adjacent to an activating group) is 1. The fraction of sp³-hybridized carbons (Fsp3) is 0.438. The SMILES string of the molecule is Cc1ccc(NC(=O)Nc2cc(N(C)C)c3c(c2O)C(=O)C2C(=O)C4(O)C(=O)C(C(N)=O)C(=O)C(N(C)C)C4CC2C3)c(C(F)(F)F)c1. The molecule has 2 aromatic carbocycles. The van der Waals surface area contributed by atoms with E-state index in [2.05, 4.69) is 10.6 Å². The number of anilines is 3.